The van der Waals surface area contributed by atoms with E-state index < -0.39 is 6.10 Å². The summed E-state index contributed by atoms with van der Waals surface area (Å²) in [6.45, 7) is 11.5. The molecular weight excluding hydrogens is 865 g/mol. The van der Waals surface area contributed by atoms with Gasteiger partial charge in [-0.3, -0.25) is 14.4 Å². The van der Waals surface area contributed by atoms with Crippen LogP contribution < -0.4 is 0 Å². The molecule has 0 aromatic heterocycles. The fraction of sp³-hybridized carbons (Fsp3) is 0.953. The molecule has 0 spiro atoms. The van der Waals surface area contributed by atoms with Crippen LogP contribution in [-0.2, 0) is 28.6 Å². The Bertz CT molecular complexity index is 1070. The normalized spacial score (nSPS) is 12.4. The van der Waals surface area contributed by atoms with E-state index in [-0.39, 0.29) is 31.1 Å². The van der Waals surface area contributed by atoms with Gasteiger partial charge in [0.1, 0.15) is 13.2 Å². The molecule has 0 aliphatic heterocycles. The van der Waals surface area contributed by atoms with Crippen molar-refractivity contribution < 1.29 is 28.6 Å². The third kappa shape index (κ3) is 55.7. The lowest BCUT2D eigenvalue weighted by Crippen LogP contribution is -2.30. The van der Waals surface area contributed by atoms with Gasteiger partial charge in [0.15, 0.2) is 6.10 Å². The Labute approximate surface area is 438 Å². The van der Waals surface area contributed by atoms with Crippen LogP contribution in [0, 0.1) is 11.8 Å². The Morgan fingerprint density at radius 3 is 0.814 bits per heavy atom. The van der Waals surface area contributed by atoms with Crippen molar-refractivity contribution >= 4 is 17.9 Å². The molecule has 0 bridgehead atoms. The lowest BCUT2D eigenvalue weighted by molar-refractivity contribution is -0.167. The van der Waals surface area contributed by atoms with Crippen LogP contribution in [0.5, 0.6) is 0 Å². The molecule has 0 aliphatic rings. The van der Waals surface area contributed by atoms with Crippen molar-refractivity contribution in [3.8, 4) is 0 Å². The second-order valence-electron chi connectivity index (χ2n) is 22.8. The van der Waals surface area contributed by atoms with Crippen molar-refractivity contribution in [2.45, 2.75) is 368 Å². The fourth-order valence-corrected chi connectivity index (χ4v) is 9.90. The highest BCUT2D eigenvalue weighted by Crippen LogP contribution is 2.19. The quantitative estimate of drug-likeness (QED) is 0.0343. The third-order valence-electron chi connectivity index (χ3n) is 15.1. The Hall–Kier alpha value is -1.59. The minimum atomic E-state index is -0.763. The van der Waals surface area contributed by atoms with Gasteiger partial charge in [-0.1, -0.05) is 324 Å². The number of rotatable bonds is 58. The second-order valence-corrected chi connectivity index (χ2v) is 22.8. The highest BCUT2D eigenvalue weighted by molar-refractivity contribution is 5.71. The predicted octanol–water partition coefficient (Wildman–Crippen LogP) is 21.2. The first-order valence-corrected chi connectivity index (χ1v) is 31.8. The highest BCUT2D eigenvalue weighted by atomic mass is 16.6. The topological polar surface area (TPSA) is 78.9 Å². The molecule has 0 N–H and O–H groups in total. The van der Waals surface area contributed by atoms with Gasteiger partial charge >= 0.3 is 17.9 Å². The molecule has 416 valence electrons. The van der Waals surface area contributed by atoms with E-state index in [9.17, 15) is 14.4 Å². The number of unbranched alkanes of at least 4 members (excludes halogenated alkanes) is 42. The van der Waals surface area contributed by atoms with E-state index in [1.807, 2.05) is 0 Å². The summed E-state index contributed by atoms with van der Waals surface area (Å²) in [6.07, 6.45) is 62.4. The number of esters is 3. The number of ether oxygens (including phenoxy) is 3. The molecule has 2 atom stereocenters. The van der Waals surface area contributed by atoms with Crippen LogP contribution in [0.2, 0.25) is 0 Å². The summed E-state index contributed by atoms with van der Waals surface area (Å²) >= 11 is 0. The van der Waals surface area contributed by atoms with E-state index in [1.165, 1.54) is 250 Å². The molecule has 0 saturated heterocycles. The second kappa shape index (κ2) is 56.7. The van der Waals surface area contributed by atoms with Crippen LogP contribution in [0.25, 0.3) is 0 Å². The maximum absolute atomic E-state index is 12.9. The lowest BCUT2D eigenvalue weighted by Gasteiger charge is -2.18. The van der Waals surface area contributed by atoms with E-state index >= 15 is 0 Å². The molecule has 0 aromatic rings. The molecule has 0 saturated carbocycles. The van der Waals surface area contributed by atoms with E-state index in [2.05, 4.69) is 34.6 Å². The van der Waals surface area contributed by atoms with Crippen molar-refractivity contribution in [3.63, 3.8) is 0 Å². The number of carbonyl (C=O) groups excluding carboxylic acids is 3. The zero-order valence-electron chi connectivity index (χ0n) is 48.2. The summed E-state index contributed by atoms with van der Waals surface area (Å²) in [5.74, 6) is 0.918. The van der Waals surface area contributed by atoms with Crippen molar-refractivity contribution in [1.82, 2.24) is 0 Å². The van der Waals surface area contributed by atoms with E-state index in [0.717, 1.165) is 69.6 Å². The number of hydrogen-bond acceptors (Lipinski definition) is 6. The van der Waals surface area contributed by atoms with Crippen LogP contribution in [0.1, 0.15) is 362 Å². The van der Waals surface area contributed by atoms with Crippen molar-refractivity contribution in [3.05, 3.63) is 0 Å². The summed E-state index contributed by atoms with van der Waals surface area (Å²) in [5.41, 5.74) is 0. The van der Waals surface area contributed by atoms with Gasteiger partial charge in [0, 0.05) is 19.3 Å². The van der Waals surface area contributed by atoms with Gasteiger partial charge in [-0.05, 0) is 31.1 Å². The number of hydrogen-bond donors (Lipinski definition) is 0. The predicted molar refractivity (Wildman–Crippen MR) is 303 cm³/mol. The van der Waals surface area contributed by atoms with Gasteiger partial charge in [-0.2, -0.15) is 0 Å². The van der Waals surface area contributed by atoms with Gasteiger partial charge < -0.3 is 14.2 Å². The summed E-state index contributed by atoms with van der Waals surface area (Å²) in [5, 5.41) is 0. The van der Waals surface area contributed by atoms with E-state index in [0.29, 0.717) is 19.3 Å². The summed E-state index contributed by atoms with van der Waals surface area (Å²) in [6, 6.07) is 0. The minimum Gasteiger partial charge on any atom is -0.462 e. The molecular formula is C64H124O6. The van der Waals surface area contributed by atoms with Gasteiger partial charge in [0.2, 0.25) is 0 Å². The summed E-state index contributed by atoms with van der Waals surface area (Å²) in [7, 11) is 0. The van der Waals surface area contributed by atoms with Gasteiger partial charge in [0.05, 0.1) is 0 Å². The first kappa shape index (κ1) is 68.4. The summed E-state index contributed by atoms with van der Waals surface area (Å²) in [4.78, 5) is 38.3. The zero-order chi connectivity index (χ0) is 51.1. The van der Waals surface area contributed by atoms with Crippen LogP contribution >= 0.6 is 0 Å². The molecule has 6 heteroatoms. The number of carbonyl (C=O) groups is 3. The van der Waals surface area contributed by atoms with Gasteiger partial charge in [-0.25, -0.2) is 0 Å². The minimum absolute atomic E-state index is 0.0619. The third-order valence-corrected chi connectivity index (χ3v) is 15.1. The van der Waals surface area contributed by atoms with Crippen LogP contribution in [0.4, 0.5) is 0 Å². The SMILES string of the molecule is CCCCCCCCCCCCCCCCC(=O)O[C@@H](COC(=O)CCCCCCCCCCCCCCCCCCCCC(C)CC)COC(=O)CCCCCCCCCCCCCCCC(C)C. The molecule has 1 unspecified atom stereocenters. The monoisotopic (exact) mass is 989 g/mol. The maximum Gasteiger partial charge on any atom is 0.306 e. The largest absolute Gasteiger partial charge is 0.462 e. The Balaban J connectivity index is 4.24. The molecule has 0 amide bonds. The molecule has 6 nitrogen and oxygen atoms in total. The van der Waals surface area contributed by atoms with Gasteiger partial charge in [-0.15, -0.1) is 0 Å². The standard InChI is InChI=1S/C64H124O6/c1-6-8-9-10-11-12-13-14-24-31-36-41-46-51-56-64(67)70-61(58-69-63(66)55-50-45-40-35-30-26-21-22-27-32-37-42-47-52-59(3)4)57-68-62(65)54-49-44-39-34-29-25-20-18-16-15-17-19-23-28-33-38-43-48-53-60(5)7-2/h59-61H,6-58H2,1-5H3/t60?,61-/m0/s1. The first-order chi connectivity index (χ1) is 34.3. The summed E-state index contributed by atoms with van der Waals surface area (Å²) < 4.78 is 16.9. The zero-order valence-corrected chi connectivity index (χ0v) is 48.2. The van der Waals surface area contributed by atoms with Gasteiger partial charge in [0.25, 0.3) is 0 Å². The van der Waals surface area contributed by atoms with Crippen molar-refractivity contribution in [2.75, 3.05) is 13.2 Å². The van der Waals surface area contributed by atoms with E-state index in [1.54, 1.807) is 0 Å². The highest BCUT2D eigenvalue weighted by Gasteiger charge is 2.19. The van der Waals surface area contributed by atoms with Crippen LogP contribution in [0.15, 0.2) is 0 Å². The smallest absolute Gasteiger partial charge is 0.306 e. The molecule has 70 heavy (non-hydrogen) atoms. The Morgan fingerprint density at radius 2 is 0.543 bits per heavy atom. The molecule has 0 aromatic carbocycles. The molecule has 0 rings (SSSR count). The molecule has 0 heterocycles. The molecule has 0 fully saturated rings. The molecule has 0 aliphatic carbocycles. The van der Waals surface area contributed by atoms with E-state index in [4.69, 9.17) is 14.2 Å². The molecule has 0 radical (unpaired) electrons. The van der Waals surface area contributed by atoms with Crippen molar-refractivity contribution in [1.29, 1.82) is 0 Å². The first-order valence-electron chi connectivity index (χ1n) is 31.8. The lowest BCUT2D eigenvalue weighted by atomic mass is 9.99. The Kier molecular flexibility index (Phi) is 55.4. The van der Waals surface area contributed by atoms with Crippen LogP contribution in [-0.4, -0.2) is 37.2 Å². The maximum atomic E-state index is 12.9. The average molecular weight is 990 g/mol. The van der Waals surface area contributed by atoms with Crippen molar-refractivity contribution in [2.24, 2.45) is 11.8 Å². The Morgan fingerprint density at radius 1 is 0.300 bits per heavy atom. The fourth-order valence-electron chi connectivity index (χ4n) is 9.90. The van der Waals surface area contributed by atoms with Crippen LogP contribution in [0.3, 0.4) is 0 Å². The average Bonchev–Trinajstić information content (AvgIpc) is 3.35.